The number of hydrogen-bond donors (Lipinski definition) is 1. The lowest BCUT2D eigenvalue weighted by Crippen LogP contribution is -2.11. The maximum Gasteiger partial charge on any atom is 0.203 e. The van der Waals surface area contributed by atoms with Gasteiger partial charge in [0.2, 0.25) is 7.37 Å². The zero-order valence-electron chi connectivity index (χ0n) is 10.5. The van der Waals surface area contributed by atoms with E-state index in [1.54, 1.807) is 0 Å². The summed E-state index contributed by atoms with van der Waals surface area (Å²) in [7, 11) is -2.87. The molecule has 0 saturated heterocycles. The molecule has 0 amide bonds. The van der Waals surface area contributed by atoms with Crippen LogP contribution >= 0.6 is 7.37 Å². The Hall–Kier alpha value is 0.190. The van der Waals surface area contributed by atoms with Crippen molar-refractivity contribution < 1.29 is 9.46 Å². The molecule has 0 heterocycles. The van der Waals surface area contributed by atoms with E-state index < -0.39 is 7.37 Å². The van der Waals surface area contributed by atoms with Gasteiger partial charge in [0.25, 0.3) is 0 Å². The maximum atomic E-state index is 12.1. The molecule has 0 aliphatic heterocycles. The van der Waals surface area contributed by atoms with Crippen molar-refractivity contribution in [3.8, 4) is 0 Å². The summed E-state index contributed by atoms with van der Waals surface area (Å²) in [5, 5.41) is 0. The molecular weight excluding hydrogens is 207 g/mol. The zero-order valence-corrected chi connectivity index (χ0v) is 11.4. The molecule has 0 rings (SSSR count). The van der Waals surface area contributed by atoms with E-state index in [-0.39, 0.29) is 5.66 Å². The molecule has 92 valence electrons. The van der Waals surface area contributed by atoms with E-state index in [1.165, 1.54) is 0 Å². The minimum absolute atomic E-state index is 0.0639. The van der Waals surface area contributed by atoms with E-state index in [9.17, 15) is 9.46 Å². The molecule has 0 aromatic heterocycles. The van der Waals surface area contributed by atoms with Gasteiger partial charge in [-0.1, -0.05) is 46.5 Å². The lowest BCUT2D eigenvalue weighted by Gasteiger charge is -2.22. The predicted octanol–water partition coefficient (Wildman–Crippen LogP) is 4.42. The van der Waals surface area contributed by atoms with Crippen molar-refractivity contribution in [1.29, 1.82) is 0 Å². The van der Waals surface area contributed by atoms with Gasteiger partial charge in [0.05, 0.1) is 0 Å². The van der Waals surface area contributed by atoms with Gasteiger partial charge in [0, 0.05) is 11.8 Å². The van der Waals surface area contributed by atoms with Gasteiger partial charge in [-0.05, 0) is 19.3 Å². The van der Waals surface area contributed by atoms with Crippen LogP contribution in [-0.4, -0.2) is 16.7 Å². The van der Waals surface area contributed by atoms with E-state index in [0.29, 0.717) is 6.16 Å². The third kappa shape index (κ3) is 6.37. The minimum Gasteiger partial charge on any atom is -0.344 e. The summed E-state index contributed by atoms with van der Waals surface area (Å²) in [6, 6.07) is 0. The fraction of sp³-hybridized carbons (Fsp3) is 1.00. The van der Waals surface area contributed by atoms with E-state index in [0.717, 1.165) is 44.9 Å². The summed E-state index contributed by atoms with van der Waals surface area (Å²) in [6.07, 6.45) is 7.49. The Kier molecular flexibility index (Phi) is 8.46. The highest BCUT2D eigenvalue weighted by molar-refractivity contribution is 7.58. The zero-order chi connectivity index (χ0) is 11.7. The quantitative estimate of drug-likeness (QED) is 0.600. The Morgan fingerprint density at radius 1 is 1.00 bits per heavy atom. The smallest absolute Gasteiger partial charge is 0.203 e. The second kappa shape index (κ2) is 8.35. The molecule has 0 saturated carbocycles. The second-order valence-corrected chi connectivity index (χ2v) is 7.11. The molecule has 2 nitrogen and oxygen atoms in total. The fourth-order valence-corrected chi connectivity index (χ4v) is 4.27. The van der Waals surface area contributed by atoms with E-state index >= 15 is 0 Å². The van der Waals surface area contributed by atoms with Crippen LogP contribution in [0.5, 0.6) is 0 Å². The molecule has 0 aliphatic carbocycles. The summed E-state index contributed by atoms with van der Waals surface area (Å²) in [4.78, 5) is 10.0. The lowest BCUT2D eigenvalue weighted by molar-refractivity contribution is 0.444. The van der Waals surface area contributed by atoms with Crippen molar-refractivity contribution >= 4 is 7.37 Å². The maximum absolute atomic E-state index is 12.1. The monoisotopic (exact) mass is 234 g/mol. The van der Waals surface area contributed by atoms with E-state index in [1.807, 2.05) is 0 Å². The van der Waals surface area contributed by atoms with Crippen LogP contribution < -0.4 is 0 Å². The first-order valence-corrected chi connectivity index (χ1v) is 8.31. The third-order valence-electron chi connectivity index (χ3n) is 2.92. The summed E-state index contributed by atoms with van der Waals surface area (Å²) in [5.74, 6) is 0. The van der Waals surface area contributed by atoms with Gasteiger partial charge in [-0.25, -0.2) is 0 Å². The van der Waals surface area contributed by atoms with Gasteiger partial charge in [0.1, 0.15) is 0 Å². The van der Waals surface area contributed by atoms with Gasteiger partial charge in [0.15, 0.2) is 0 Å². The fourth-order valence-electron chi connectivity index (χ4n) is 1.89. The number of rotatable bonds is 9. The van der Waals surface area contributed by atoms with Gasteiger partial charge < -0.3 is 4.89 Å². The third-order valence-corrected chi connectivity index (χ3v) is 5.53. The Morgan fingerprint density at radius 2 is 1.60 bits per heavy atom. The summed E-state index contributed by atoms with van der Waals surface area (Å²) < 4.78 is 12.1. The first-order chi connectivity index (χ1) is 7.08. The van der Waals surface area contributed by atoms with Crippen molar-refractivity contribution in [3.63, 3.8) is 0 Å². The highest BCUT2D eigenvalue weighted by atomic mass is 31.2. The molecule has 0 aromatic carbocycles. The number of unbranched alkanes of at least 4 members (excludes halogenated alkanes) is 2. The Balaban J connectivity index is 4.22. The van der Waals surface area contributed by atoms with Crippen molar-refractivity contribution in [1.82, 2.24) is 0 Å². The highest BCUT2D eigenvalue weighted by Crippen LogP contribution is 2.50. The van der Waals surface area contributed by atoms with E-state index in [4.69, 9.17) is 0 Å². The lowest BCUT2D eigenvalue weighted by atomic mass is 10.1. The van der Waals surface area contributed by atoms with Gasteiger partial charge in [-0.3, -0.25) is 4.57 Å². The molecule has 0 fully saturated rings. The van der Waals surface area contributed by atoms with Crippen LogP contribution in [0.25, 0.3) is 0 Å². The normalized spacial score (nSPS) is 17.3. The van der Waals surface area contributed by atoms with Crippen molar-refractivity contribution in [3.05, 3.63) is 0 Å². The van der Waals surface area contributed by atoms with Crippen LogP contribution in [0.2, 0.25) is 0 Å². The van der Waals surface area contributed by atoms with Gasteiger partial charge >= 0.3 is 0 Å². The first-order valence-electron chi connectivity index (χ1n) is 6.39. The molecule has 0 radical (unpaired) electrons. The minimum atomic E-state index is -2.87. The first kappa shape index (κ1) is 15.2. The Labute approximate surface area is 94.9 Å². The summed E-state index contributed by atoms with van der Waals surface area (Å²) in [6.45, 7) is 6.30. The average Bonchev–Trinajstić information content (AvgIpc) is 2.21. The predicted molar refractivity (Wildman–Crippen MR) is 67.8 cm³/mol. The molecule has 1 N–H and O–H groups in total. The Morgan fingerprint density at radius 3 is 2.07 bits per heavy atom. The molecule has 2 atom stereocenters. The second-order valence-electron chi connectivity index (χ2n) is 4.42. The molecule has 0 aromatic rings. The van der Waals surface area contributed by atoms with Crippen LogP contribution in [-0.2, 0) is 4.57 Å². The van der Waals surface area contributed by atoms with Crippen molar-refractivity contribution in [2.24, 2.45) is 0 Å². The van der Waals surface area contributed by atoms with Crippen LogP contribution in [0.4, 0.5) is 0 Å². The van der Waals surface area contributed by atoms with Crippen LogP contribution in [0.15, 0.2) is 0 Å². The highest BCUT2D eigenvalue weighted by Gasteiger charge is 2.28. The summed E-state index contributed by atoms with van der Waals surface area (Å²) in [5.41, 5.74) is 0.0639. The Bertz CT molecular complexity index is 192. The molecule has 3 heteroatoms. The molecular formula is C12H27O2P. The summed E-state index contributed by atoms with van der Waals surface area (Å²) >= 11 is 0. The van der Waals surface area contributed by atoms with Crippen LogP contribution in [0.3, 0.4) is 0 Å². The molecule has 2 unspecified atom stereocenters. The molecule has 15 heavy (non-hydrogen) atoms. The van der Waals surface area contributed by atoms with Gasteiger partial charge in [-0.15, -0.1) is 0 Å². The van der Waals surface area contributed by atoms with Crippen molar-refractivity contribution in [2.45, 2.75) is 71.4 Å². The van der Waals surface area contributed by atoms with Crippen molar-refractivity contribution in [2.75, 3.05) is 6.16 Å². The van der Waals surface area contributed by atoms with E-state index in [2.05, 4.69) is 20.8 Å². The SMILES string of the molecule is CCCCC(CCC)P(=O)(O)CCCC. The average molecular weight is 234 g/mol. The van der Waals surface area contributed by atoms with Crippen LogP contribution in [0.1, 0.15) is 65.7 Å². The number of hydrogen-bond acceptors (Lipinski definition) is 1. The largest absolute Gasteiger partial charge is 0.344 e. The van der Waals surface area contributed by atoms with Crippen LogP contribution in [0, 0.1) is 0 Å². The standard InChI is InChI=1S/C12H27O2P/c1-4-7-10-12(9-6-3)15(13,14)11-8-5-2/h12H,4-11H2,1-3H3,(H,13,14). The van der Waals surface area contributed by atoms with Gasteiger partial charge in [-0.2, -0.15) is 0 Å². The topological polar surface area (TPSA) is 37.3 Å². The molecule has 0 spiro atoms. The molecule has 0 bridgehead atoms. The molecule has 0 aliphatic rings.